The topological polar surface area (TPSA) is 61.0 Å². The lowest BCUT2D eigenvalue weighted by Gasteiger charge is -2.25. The maximum atomic E-state index is 12.6. The number of hydrogen-bond acceptors (Lipinski definition) is 3. The van der Waals surface area contributed by atoms with Crippen molar-refractivity contribution in [1.82, 2.24) is 14.9 Å². The summed E-state index contributed by atoms with van der Waals surface area (Å²) < 4.78 is 37.9. The first-order chi connectivity index (χ1) is 10.9. The summed E-state index contributed by atoms with van der Waals surface area (Å²) in [6.45, 7) is 2.11. The lowest BCUT2D eigenvalue weighted by molar-refractivity contribution is -0.144. The molecule has 0 bridgehead atoms. The number of carbonyl (C=O) groups excluding carboxylic acids is 1. The van der Waals surface area contributed by atoms with Crippen LogP contribution in [0.15, 0.2) is 18.2 Å². The zero-order valence-electron chi connectivity index (χ0n) is 12.4. The van der Waals surface area contributed by atoms with Crippen LogP contribution >= 0.6 is 0 Å². The molecular weight excluding hydrogens is 309 g/mol. The number of anilines is 1. The van der Waals surface area contributed by atoms with Crippen molar-refractivity contribution in [3.05, 3.63) is 24.0 Å². The van der Waals surface area contributed by atoms with Crippen LogP contribution in [-0.4, -0.2) is 40.4 Å². The Morgan fingerprint density at radius 1 is 1.26 bits per heavy atom. The number of aromatic amines is 1. The molecule has 1 aromatic heterocycles. The third-order valence-electron chi connectivity index (χ3n) is 3.85. The summed E-state index contributed by atoms with van der Waals surface area (Å²) in [5, 5.41) is 2.72. The molecule has 2 heterocycles. The molecule has 1 fully saturated rings. The molecule has 124 valence electrons. The molecule has 1 aliphatic rings. The normalized spacial score (nSPS) is 16.7. The third kappa shape index (κ3) is 3.82. The van der Waals surface area contributed by atoms with Crippen LogP contribution in [0.4, 0.5) is 18.9 Å². The maximum Gasteiger partial charge on any atom is 0.449 e. The second kappa shape index (κ2) is 6.19. The van der Waals surface area contributed by atoms with Crippen molar-refractivity contribution < 1.29 is 18.0 Å². The number of aromatic nitrogens is 2. The standard InChI is InChI=1S/C15H17F3N4O/c16-15(17,18)14-20-11-5-4-10(8-12(11)21-14)19-13(23)9-22-6-2-1-3-7-22/h4-5,8H,1-3,6-7,9H2,(H,19,23)(H,20,21). The fourth-order valence-corrected chi connectivity index (χ4v) is 2.74. The van der Waals surface area contributed by atoms with Gasteiger partial charge in [-0.2, -0.15) is 13.2 Å². The van der Waals surface area contributed by atoms with Gasteiger partial charge in [-0.3, -0.25) is 9.69 Å². The van der Waals surface area contributed by atoms with E-state index in [9.17, 15) is 18.0 Å². The molecule has 1 amide bonds. The smallest absolute Gasteiger partial charge is 0.334 e. The largest absolute Gasteiger partial charge is 0.449 e. The van der Waals surface area contributed by atoms with Crippen LogP contribution in [0.2, 0.25) is 0 Å². The van der Waals surface area contributed by atoms with Gasteiger partial charge in [-0.1, -0.05) is 6.42 Å². The molecule has 3 rings (SSSR count). The van der Waals surface area contributed by atoms with Gasteiger partial charge in [0.15, 0.2) is 0 Å². The number of rotatable bonds is 3. The number of halogens is 3. The Balaban J connectivity index is 1.69. The number of piperidine rings is 1. The first kappa shape index (κ1) is 15.8. The van der Waals surface area contributed by atoms with Gasteiger partial charge >= 0.3 is 6.18 Å². The Bertz CT molecular complexity index is 704. The summed E-state index contributed by atoms with van der Waals surface area (Å²) in [6.07, 6.45) is -1.14. The number of imidazole rings is 1. The van der Waals surface area contributed by atoms with Crippen LogP contribution in [0.1, 0.15) is 25.1 Å². The van der Waals surface area contributed by atoms with Gasteiger partial charge in [0, 0.05) is 5.69 Å². The summed E-state index contributed by atoms with van der Waals surface area (Å²) in [5.41, 5.74) is 0.913. The average molecular weight is 326 g/mol. The molecule has 1 aliphatic heterocycles. The molecule has 1 saturated heterocycles. The van der Waals surface area contributed by atoms with E-state index < -0.39 is 12.0 Å². The SMILES string of the molecule is O=C(CN1CCCCC1)Nc1ccc2nc(C(F)(F)F)[nH]c2c1. The Labute approximate surface area is 130 Å². The third-order valence-corrected chi connectivity index (χ3v) is 3.85. The second-order valence-corrected chi connectivity index (χ2v) is 5.70. The number of benzene rings is 1. The lowest BCUT2D eigenvalue weighted by Crippen LogP contribution is -2.36. The van der Waals surface area contributed by atoms with Crippen LogP contribution in [0, 0.1) is 0 Å². The molecule has 0 atom stereocenters. The lowest BCUT2D eigenvalue weighted by atomic mass is 10.1. The van der Waals surface area contributed by atoms with Gasteiger partial charge in [-0.25, -0.2) is 4.98 Å². The van der Waals surface area contributed by atoms with E-state index in [2.05, 4.69) is 20.2 Å². The van der Waals surface area contributed by atoms with Gasteiger partial charge in [-0.05, 0) is 44.1 Å². The van der Waals surface area contributed by atoms with Crippen LogP contribution in [0.3, 0.4) is 0 Å². The van der Waals surface area contributed by atoms with Gasteiger partial charge in [0.2, 0.25) is 11.7 Å². The van der Waals surface area contributed by atoms with Crippen molar-refractivity contribution in [1.29, 1.82) is 0 Å². The summed E-state index contributed by atoms with van der Waals surface area (Å²) >= 11 is 0. The van der Waals surface area contributed by atoms with Gasteiger partial charge in [0.1, 0.15) is 0 Å². The number of nitrogens with one attached hydrogen (secondary N) is 2. The van der Waals surface area contributed by atoms with Crippen LogP contribution in [-0.2, 0) is 11.0 Å². The van der Waals surface area contributed by atoms with E-state index in [1.807, 2.05) is 0 Å². The predicted molar refractivity (Wildman–Crippen MR) is 80.0 cm³/mol. The Morgan fingerprint density at radius 3 is 2.70 bits per heavy atom. The van der Waals surface area contributed by atoms with Crippen molar-refractivity contribution in [2.45, 2.75) is 25.4 Å². The quantitative estimate of drug-likeness (QED) is 0.911. The molecule has 2 N–H and O–H groups in total. The molecule has 23 heavy (non-hydrogen) atoms. The Hall–Kier alpha value is -2.09. The van der Waals surface area contributed by atoms with Gasteiger partial charge in [0.25, 0.3) is 0 Å². The van der Waals surface area contributed by atoms with Crippen molar-refractivity contribution in [2.24, 2.45) is 0 Å². The highest BCUT2D eigenvalue weighted by molar-refractivity contribution is 5.94. The number of amides is 1. The zero-order chi connectivity index (χ0) is 16.4. The minimum atomic E-state index is -4.52. The summed E-state index contributed by atoms with van der Waals surface area (Å²) in [4.78, 5) is 19.8. The minimum Gasteiger partial charge on any atom is -0.334 e. The number of likely N-dealkylation sites (tertiary alicyclic amines) is 1. The Kier molecular flexibility index (Phi) is 4.25. The first-order valence-electron chi connectivity index (χ1n) is 7.51. The highest BCUT2D eigenvalue weighted by Crippen LogP contribution is 2.29. The number of alkyl halides is 3. The van der Waals surface area contributed by atoms with E-state index in [1.54, 1.807) is 6.07 Å². The fraction of sp³-hybridized carbons (Fsp3) is 0.467. The minimum absolute atomic E-state index is 0.165. The summed E-state index contributed by atoms with van der Waals surface area (Å²) in [5.74, 6) is -1.20. The molecule has 2 aromatic rings. The van der Waals surface area contributed by atoms with Gasteiger partial charge in [-0.15, -0.1) is 0 Å². The van der Waals surface area contributed by atoms with Crippen molar-refractivity contribution in [3.63, 3.8) is 0 Å². The first-order valence-corrected chi connectivity index (χ1v) is 7.51. The second-order valence-electron chi connectivity index (χ2n) is 5.70. The molecule has 0 aliphatic carbocycles. The summed E-state index contributed by atoms with van der Waals surface area (Å²) in [6, 6.07) is 4.47. The van der Waals surface area contributed by atoms with E-state index in [0.717, 1.165) is 25.9 Å². The van der Waals surface area contributed by atoms with Gasteiger partial charge < -0.3 is 10.3 Å². The molecule has 5 nitrogen and oxygen atoms in total. The molecule has 0 unspecified atom stereocenters. The highest BCUT2D eigenvalue weighted by Gasteiger charge is 2.34. The molecule has 0 radical (unpaired) electrons. The molecule has 1 aromatic carbocycles. The van der Waals surface area contributed by atoms with Crippen molar-refractivity contribution in [2.75, 3.05) is 25.0 Å². The molecule has 0 spiro atoms. The fourth-order valence-electron chi connectivity index (χ4n) is 2.74. The van der Waals surface area contributed by atoms with Crippen LogP contribution in [0.5, 0.6) is 0 Å². The molecular formula is C15H17F3N4O. The number of hydrogen-bond donors (Lipinski definition) is 2. The van der Waals surface area contributed by atoms with E-state index in [-0.39, 0.29) is 16.9 Å². The number of nitrogens with zero attached hydrogens (tertiary/aromatic N) is 2. The molecule has 8 heteroatoms. The van der Waals surface area contributed by atoms with Crippen molar-refractivity contribution >= 4 is 22.6 Å². The number of H-pyrrole nitrogens is 1. The van der Waals surface area contributed by atoms with E-state index in [0.29, 0.717) is 12.2 Å². The summed E-state index contributed by atoms with van der Waals surface area (Å²) in [7, 11) is 0. The number of fused-ring (bicyclic) bond motifs is 1. The average Bonchev–Trinajstić information content (AvgIpc) is 2.91. The monoisotopic (exact) mass is 326 g/mol. The zero-order valence-corrected chi connectivity index (χ0v) is 12.4. The molecule has 0 saturated carbocycles. The van der Waals surface area contributed by atoms with E-state index in [1.165, 1.54) is 18.6 Å². The number of carbonyl (C=O) groups is 1. The Morgan fingerprint density at radius 2 is 2.00 bits per heavy atom. The van der Waals surface area contributed by atoms with Crippen molar-refractivity contribution in [3.8, 4) is 0 Å². The van der Waals surface area contributed by atoms with E-state index in [4.69, 9.17) is 0 Å². The predicted octanol–water partition coefficient (Wildman–Crippen LogP) is 3.01. The van der Waals surface area contributed by atoms with Crippen LogP contribution in [0.25, 0.3) is 11.0 Å². The maximum absolute atomic E-state index is 12.6. The van der Waals surface area contributed by atoms with Crippen LogP contribution < -0.4 is 5.32 Å². The van der Waals surface area contributed by atoms with Gasteiger partial charge in [0.05, 0.1) is 17.6 Å². The van der Waals surface area contributed by atoms with E-state index >= 15 is 0 Å². The highest BCUT2D eigenvalue weighted by atomic mass is 19.4.